The van der Waals surface area contributed by atoms with Crippen molar-refractivity contribution >= 4 is 18.6 Å². The summed E-state index contributed by atoms with van der Waals surface area (Å²) in [5.74, 6) is -3.03. The number of hydrogen-bond acceptors (Lipinski definition) is 9. The maximum Gasteiger partial charge on any atom is 0.434 e. The van der Waals surface area contributed by atoms with Gasteiger partial charge in [-0.2, -0.15) is 0 Å². The van der Waals surface area contributed by atoms with Crippen LogP contribution in [0.3, 0.4) is 0 Å². The Morgan fingerprint density at radius 3 is 2.70 bits per heavy atom. The number of carboxylic acid groups (broad SMARTS) is 1. The molecule has 2 atom stereocenters. The van der Waals surface area contributed by atoms with Crippen molar-refractivity contribution in [2.24, 2.45) is 0 Å². The maximum absolute atomic E-state index is 12.5. The zero-order valence-corrected chi connectivity index (χ0v) is 17.6. The molecule has 3 N–H and O–H groups in total. The summed E-state index contributed by atoms with van der Waals surface area (Å²) in [6, 6.07) is 4.32. The number of carboxylic acids is 1. The second kappa shape index (κ2) is 7.25. The summed E-state index contributed by atoms with van der Waals surface area (Å²) in [7, 11) is 0. The van der Waals surface area contributed by atoms with E-state index >= 15 is 0 Å². The number of rotatable bonds is 5. The van der Waals surface area contributed by atoms with Crippen LogP contribution >= 0.6 is 0 Å². The number of hydrogen-bond donors (Lipinski definition) is 3. The van der Waals surface area contributed by atoms with E-state index in [-0.39, 0.29) is 54.2 Å². The molecular formula is C21H21BN2O9-2. The van der Waals surface area contributed by atoms with E-state index < -0.39 is 35.8 Å². The third-order valence-electron chi connectivity index (χ3n) is 6.66. The van der Waals surface area contributed by atoms with Crippen LogP contribution in [0.5, 0.6) is 17.2 Å². The molecule has 2 unspecified atom stereocenters. The van der Waals surface area contributed by atoms with Gasteiger partial charge in [-0.3, -0.25) is 9.59 Å². The van der Waals surface area contributed by atoms with Crippen molar-refractivity contribution < 1.29 is 39.2 Å². The van der Waals surface area contributed by atoms with E-state index in [1.165, 1.54) is 34.7 Å². The van der Waals surface area contributed by atoms with Crippen molar-refractivity contribution in [1.82, 2.24) is 9.47 Å². The van der Waals surface area contributed by atoms with Gasteiger partial charge in [0.05, 0.1) is 36.1 Å². The minimum atomic E-state index is -3.16. The molecule has 3 heterocycles. The Bertz CT molecular complexity index is 1230. The fourth-order valence-electron chi connectivity index (χ4n) is 4.58. The van der Waals surface area contributed by atoms with Gasteiger partial charge in [0.1, 0.15) is 18.4 Å². The van der Waals surface area contributed by atoms with E-state index in [1.54, 1.807) is 6.07 Å². The van der Waals surface area contributed by atoms with Crippen LogP contribution in [0.15, 0.2) is 29.2 Å². The number of carbonyl (C=O) groups is 2. The molecule has 11 nitrogen and oxygen atoms in total. The number of aromatic carboxylic acids is 1. The van der Waals surface area contributed by atoms with Gasteiger partial charge >= 0.3 is 6.75 Å². The van der Waals surface area contributed by atoms with E-state index in [4.69, 9.17) is 9.39 Å². The van der Waals surface area contributed by atoms with E-state index in [2.05, 4.69) is 0 Å². The Kier molecular flexibility index (Phi) is 4.69. The molecule has 174 valence electrons. The van der Waals surface area contributed by atoms with Gasteiger partial charge in [0.2, 0.25) is 11.3 Å². The fraction of sp³-hybridized carbons (Fsp3) is 0.381. The summed E-state index contributed by atoms with van der Waals surface area (Å²) in [6.07, 6.45) is 1.44. The quantitative estimate of drug-likeness (QED) is 0.464. The lowest BCUT2D eigenvalue weighted by molar-refractivity contribution is -0.255. The molecule has 1 saturated carbocycles. The van der Waals surface area contributed by atoms with Gasteiger partial charge in [-0.1, -0.05) is 18.3 Å². The van der Waals surface area contributed by atoms with Crippen molar-refractivity contribution in [3.05, 3.63) is 51.4 Å². The molecule has 2 aliphatic heterocycles. The van der Waals surface area contributed by atoms with E-state index in [1.807, 2.05) is 0 Å². The summed E-state index contributed by atoms with van der Waals surface area (Å²) in [4.78, 5) is 37.3. The van der Waals surface area contributed by atoms with Crippen LogP contribution < -0.4 is 19.9 Å². The van der Waals surface area contributed by atoms with Crippen LogP contribution in [0.4, 0.5) is 0 Å². The smallest absolute Gasteiger partial charge is 0.434 e. The number of fused-ring (bicyclic) bond motifs is 3. The van der Waals surface area contributed by atoms with Gasteiger partial charge in [0.15, 0.2) is 5.75 Å². The zero-order valence-electron chi connectivity index (χ0n) is 17.6. The predicted molar refractivity (Wildman–Crippen MR) is 111 cm³/mol. The number of nitrogens with zero attached hydrogens (tertiary/aromatic N) is 2. The lowest BCUT2D eigenvalue weighted by atomic mass is 9.68. The minimum Gasteiger partial charge on any atom is -0.669 e. The van der Waals surface area contributed by atoms with Crippen molar-refractivity contribution in [3.8, 4) is 17.2 Å². The number of aromatic nitrogens is 1. The third kappa shape index (κ3) is 3.51. The van der Waals surface area contributed by atoms with Gasteiger partial charge < -0.3 is 43.9 Å². The number of likely N-dealkylation sites (tertiary alicyclic amines) is 1. The molecule has 12 heteroatoms. The first-order chi connectivity index (χ1) is 15.6. The number of amides is 1. The molecule has 33 heavy (non-hydrogen) atoms. The fourth-order valence-corrected chi connectivity index (χ4v) is 4.58. The summed E-state index contributed by atoms with van der Waals surface area (Å²) in [5.41, 5.74) is -0.0433. The molecule has 0 bridgehead atoms. The molecule has 5 rings (SSSR count). The highest BCUT2D eigenvalue weighted by atomic mass is 16.6. The normalized spacial score (nSPS) is 22.5. The van der Waals surface area contributed by atoms with Crippen LogP contribution in [0, 0.1) is 6.92 Å². The van der Waals surface area contributed by atoms with Gasteiger partial charge in [-0.05, 0) is 24.5 Å². The average Bonchev–Trinajstić information content (AvgIpc) is 3.52. The molecule has 0 radical (unpaired) electrons. The van der Waals surface area contributed by atoms with Crippen LogP contribution in [0.25, 0.3) is 0 Å². The monoisotopic (exact) mass is 456 g/mol. The topological polar surface area (TPSA) is 162 Å². The molecule has 1 aromatic carbocycles. The SMILES string of the molecule is Cc1c(O)c(=O)ccn1CC(=O)N1CC(Oc2ccc3c(c2C(=O)[O-])O[B-](O)(O)C2CC32)C1. The van der Waals surface area contributed by atoms with E-state index in [0.717, 1.165) is 0 Å². The second-order valence-corrected chi connectivity index (χ2v) is 8.81. The molecule has 1 aromatic heterocycles. The Morgan fingerprint density at radius 2 is 2.00 bits per heavy atom. The zero-order chi connectivity index (χ0) is 23.7. The van der Waals surface area contributed by atoms with Crippen molar-refractivity contribution in [1.29, 1.82) is 0 Å². The number of ether oxygens (including phenoxy) is 1. The molecule has 2 aromatic rings. The average molecular weight is 456 g/mol. The Morgan fingerprint density at radius 1 is 1.27 bits per heavy atom. The van der Waals surface area contributed by atoms with Crippen molar-refractivity contribution in [2.45, 2.75) is 37.7 Å². The molecule has 3 aliphatic rings. The lowest BCUT2D eigenvalue weighted by Gasteiger charge is -2.41. The van der Waals surface area contributed by atoms with Crippen molar-refractivity contribution in [3.63, 3.8) is 0 Å². The Hall–Kier alpha value is -3.51. The first kappa shape index (κ1) is 21.3. The number of carbonyl (C=O) groups excluding carboxylic acids is 2. The van der Waals surface area contributed by atoms with Crippen LogP contribution in [-0.4, -0.2) is 62.4 Å². The molecule has 1 aliphatic carbocycles. The van der Waals surface area contributed by atoms with Gasteiger partial charge in [-0.25, -0.2) is 0 Å². The molecule has 1 amide bonds. The lowest BCUT2D eigenvalue weighted by Crippen LogP contribution is -2.57. The Labute approximate surface area is 187 Å². The standard InChI is InChI=1S/C21H22BN2O9/c1-10-19(27)15(25)4-5-23(10)9-17(26)24-7-11(8-24)32-16-3-2-12-13-6-14(13)22(30,31)33-20(12)18(16)21(28)29/h2-5,11,13-14,27,30-31H,6-9H2,1H3,(H,28,29)/q-1/p-1. The third-order valence-corrected chi connectivity index (χ3v) is 6.66. The first-order valence-electron chi connectivity index (χ1n) is 10.6. The highest BCUT2D eigenvalue weighted by molar-refractivity contribution is 6.62. The minimum absolute atomic E-state index is 0.0299. The molecule has 2 fully saturated rings. The summed E-state index contributed by atoms with van der Waals surface area (Å²) in [5, 5.41) is 41.8. The van der Waals surface area contributed by atoms with Crippen LogP contribution in [0.2, 0.25) is 5.82 Å². The van der Waals surface area contributed by atoms with Gasteiger partial charge in [0.25, 0.3) is 0 Å². The van der Waals surface area contributed by atoms with E-state index in [0.29, 0.717) is 12.0 Å². The second-order valence-electron chi connectivity index (χ2n) is 8.81. The number of pyridine rings is 1. The maximum atomic E-state index is 12.5. The van der Waals surface area contributed by atoms with Gasteiger partial charge in [0, 0.05) is 12.3 Å². The first-order valence-corrected chi connectivity index (χ1v) is 10.6. The van der Waals surface area contributed by atoms with E-state index in [9.17, 15) is 34.6 Å². The number of aromatic hydroxyl groups is 1. The highest BCUT2D eigenvalue weighted by Gasteiger charge is 2.55. The van der Waals surface area contributed by atoms with Crippen LogP contribution in [0.1, 0.15) is 34.0 Å². The summed E-state index contributed by atoms with van der Waals surface area (Å²) < 4.78 is 12.5. The van der Waals surface area contributed by atoms with Gasteiger partial charge in [-0.15, -0.1) is 0 Å². The predicted octanol–water partition coefficient (Wildman–Crippen LogP) is -1.31. The molecule has 0 spiro atoms. The number of benzene rings is 1. The summed E-state index contributed by atoms with van der Waals surface area (Å²) in [6.45, 7) is -1.30. The van der Waals surface area contributed by atoms with Crippen molar-refractivity contribution in [2.75, 3.05) is 13.1 Å². The largest absolute Gasteiger partial charge is 0.669 e. The highest BCUT2D eigenvalue weighted by Crippen LogP contribution is 2.63. The summed E-state index contributed by atoms with van der Waals surface area (Å²) >= 11 is 0. The Balaban J connectivity index is 1.28. The molecule has 1 saturated heterocycles. The molecular weight excluding hydrogens is 435 g/mol. The van der Waals surface area contributed by atoms with Crippen LogP contribution in [-0.2, 0) is 11.3 Å².